The van der Waals surface area contributed by atoms with Crippen molar-refractivity contribution < 1.29 is 4.79 Å². The van der Waals surface area contributed by atoms with Crippen LogP contribution in [0.1, 0.15) is 61.5 Å². The molecule has 1 aromatic heterocycles. The molecule has 0 radical (unpaired) electrons. The van der Waals surface area contributed by atoms with Crippen molar-refractivity contribution in [3.8, 4) is 0 Å². The van der Waals surface area contributed by atoms with E-state index in [2.05, 4.69) is 34.0 Å². The molecule has 1 unspecified atom stereocenters. The smallest absolute Gasteiger partial charge is 0.271 e. The van der Waals surface area contributed by atoms with Gasteiger partial charge < -0.3 is 10.3 Å². The summed E-state index contributed by atoms with van der Waals surface area (Å²) in [4.78, 5) is 22.7. The molecule has 2 N–H and O–H groups in total. The fourth-order valence-corrected chi connectivity index (χ4v) is 3.70. The number of amides is 1. The van der Waals surface area contributed by atoms with E-state index in [1.165, 1.54) is 25.8 Å². The Kier molecular flexibility index (Phi) is 4.81. The Hall–Kier alpha value is -1.36. The van der Waals surface area contributed by atoms with Crippen molar-refractivity contribution in [2.24, 2.45) is 5.92 Å². The number of nitrogens with one attached hydrogen (secondary N) is 2. The van der Waals surface area contributed by atoms with Gasteiger partial charge in [-0.2, -0.15) is 0 Å². The minimum absolute atomic E-state index is 0.0160. The molecule has 3 rings (SSSR count). The molecular formula is C17H28N4O. The molecular weight excluding hydrogens is 276 g/mol. The lowest BCUT2D eigenvalue weighted by Crippen LogP contribution is -2.43. The van der Waals surface area contributed by atoms with Gasteiger partial charge in [0.05, 0.1) is 0 Å². The van der Waals surface area contributed by atoms with E-state index >= 15 is 0 Å². The molecule has 3 heterocycles. The number of H-pyrrole nitrogens is 1. The maximum Gasteiger partial charge on any atom is 0.271 e. The van der Waals surface area contributed by atoms with Crippen molar-refractivity contribution in [2.75, 3.05) is 19.6 Å². The Morgan fingerprint density at radius 3 is 3.00 bits per heavy atom. The van der Waals surface area contributed by atoms with Crippen LogP contribution < -0.4 is 5.32 Å². The number of carbonyl (C=O) groups excluding carboxylic acids is 1. The lowest BCUT2D eigenvalue weighted by molar-refractivity contribution is 0.0951. The van der Waals surface area contributed by atoms with Crippen LogP contribution in [-0.2, 0) is 12.8 Å². The molecule has 0 spiro atoms. The zero-order valence-corrected chi connectivity index (χ0v) is 13.8. The molecule has 0 saturated carbocycles. The number of hydrogen-bond donors (Lipinski definition) is 2. The molecule has 2 aliphatic heterocycles. The van der Waals surface area contributed by atoms with Gasteiger partial charge in [-0.3, -0.25) is 9.69 Å². The summed E-state index contributed by atoms with van der Waals surface area (Å²) >= 11 is 0. The van der Waals surface area contributed by atoms with Crippen LogP contribution in [-0.4, -0.2) is 46.5 Å². The molecule has 2 aliphatic rings. The second kappa shape index (κ2) is 6.82. The number of fused-ring (bicyclic) bond motifs is 1. The number of carbonyl (C=O) groups is 1. The third-order valence-electron chi connectivity index (χ3n) is 4.71. The molecule has 1 fully saturated rings. The van der Waals surface area contributed by atoms with Crippen molar-refractivity contribution in [3.63, 3.8) is 0 Å². The summed E-state index contributed by atoms with van der Waals surface area (Å²) in [6.45, 7) is 7.68. The third kappa shape index (κ3) is 3.51. The molecule has 122 valence electrons. The predicted octanol–water partition coefficient (Wildman–Crippen LogP) is 2.14. The van der Waals surface area contributed by atoms with Crippen molar-refractivity contribution >= 4 is 5.91 Å². The normalized spacial score (nSPS) is 23.2. The molecule has 22 heavy (non-hydrogen) atoms. The molecule has 0 bridgehead atoms. The summed E-state index contributed by atoms with van der Waals surface area (Å²) < 4.78 is 0. The molecule has 1 saturated heterocycles. The van der Waals surface area contributed by atoms with Crippen LogP contribution in [0.3, 0.4) is 0 Å². The lowest BCUT2D eigenvalue weighted by atomic mass is 9.98. The van der Waals surface area contributed by atoms with Gasteiger partial charge in [0.1, 0.15) is 11.5 Å². The van der Waals surface area contributed by atoms with Gasteiger partial charge in [0, 0.05) is 31.2 Å². The summed E-state index contributed by atoms with van der Waals surface area (Å²) in [5, 5.41) is 2.92. The number of nitrogens with zero attached hydrogens (tertiary/aromatic N) is 2. The average molecular weight is 304 g/mol. The fourth-order valence-electron chi connectivity index (χ4n) is 3.70. The van der Waals surface area contributed by atoms with Crippen molar-refractivity contribution in [1.82, 2.24) is 20.2 Å². The van der Waals surface area contributed by atoms with Gasteiger partial charge in [-0.1, -0.05) is 20.3 Å². The zero-order chi connectivity index (χ0) is 15.5. The highest BCUT2D eigenvalue weighted by Gasteiger charge is 2.26. The SMILES string of the molecule is CC(C)CN1CCCCC1Cc1nc2c([nH]1)CCCNC2=O. The third-order valence-corrected chi connectivity index (χ3v) is 4.71. The van der Waals surface area contributed by atoms with Gasteiger partial charge in [-0.05, 0) is 38.1 Å². The highest BCUT2D eigenvalue weighted by atomic mass is 16.1. The van der Waals surface area contributed by atoms with E-state index in [0.29, 0.717) is 17.7 Å². The summed E-state index contributed by atoms with van der Waals surface area (Å²) in [7, 11) is 0. The number of hydrogen-bond acceptors (Lipinski definition) is 3. The number of piperidine rings is 1. The molecule has 5 nitrogen and oxygen atoms in total. The van der Waals surface area contributed by atoms with E-state index in [1.807, 2.05) is 0 Å². The van der Waals surface area contributed by atoms with E-state index in [-0.39, 0.29) is 5.91 Å². The Morgan fingerprint density at radius 2 is 2.18 bits per heavy atom. The minimum Gasteiger partial charge on any atom is -0.351 e. The summed E-state index contributed by atoms with van der Waals surface area (Å²) in [6.07, 6.45) is 6.70. The summed E-state index contributed by atoms with van der Waals surface area (Å²) in [5.41, 5.74) is 1.65. The topological polar surface area (TPSA) is 61.0 Å². The molecule has 1 atom stereocenters. The molecule has 1 amide bonds. The molecule has 0 aromatic carbocycles. The number of aromatic nitrogens is 2. The van der Waals surface area contributed by atoms with Crippen LogP contribution in [0.5, 0.6) is 0 Å². The summed E-state index contributed by atoms with van der Waals surface area (Å²) in [5.74, 6) is 1.67. The Labute approximate surface area is 132 Å². The van der Waals surface area contributed by atoms with Gasteiger partial charge in [0.25, 0.3) is 5.91 Å². The van der Waals surface area contributed by atoms with Gasteiger partial charge in [-0.15, -0.1) is 0 Å². The lowest BCUT2D eigenvalue weighted by Gasteiger charge is -2.36. The first kappa shape index (κ1) is 15.5. The first-order valence-corrected chi connectivity index (χ1v) is 8.73. The number of aromatic amines is 1. The standard InChI is InChI=1S/C17H28N4O/c1-12(2)11-21-9-4-3-6-13(21)10-15-19-14-7-5-8-18-17(22)16(14)20-15/h12-13H,3-11H2,1-2H3,(H,18,22)(H,19,20). The first-order chi connectivity index (χ1) is 10.6. The maximum absolute atomic E-state index is 12.0. The van der Waals surface area contributed by atoms with Crippen LogP contribution >= 0.6 is 0 Å². The van der Waals surface area contributed by atoms with E-state index in [9.17, 15) is 4.79 Å². The van der Waals surface area contributed by atoms with Gasteiger partial charge in [-0.25, -0.2) is 4.98 Å². The highest BCUT2D eigenvalue weighted by Crippen LogP contribution is 2.22. The van der Waals surface area contributed by atoms with Crippen LogP contribution in [0.25, 0.3) is 0 Å². The second-order valence-corrected chi connectivity index (χ2v) is 7.11. The Morgan fingerprint density at radius 1 is 1.32 bits per heavy atom. The van der Waals surface area contributed by atoms with Crippen LogP contribution in [0.15, 0.2) is 0 Å². The van der Waals surface area contributed by atoms with Crippen LogP contribution in [0.2, 0.25) is 0 Å². The average Bonchev–Trinajstić information content (AvgIpc) is 2.80. The minimum atomic E-state index is -0.0160. The Bertz CT molecular complexity index is 523. The fraction of sp³-hybridized carbons (Fsp3) is 0.765. The van der Waals surface area contributed by atoms with Crippen molar-refractivity contribution in [1.29, 1.82) is 0 Å². The second-order valence-electron chi connectivity index (χ2n) is 7.11. The quantitative estimate of drug-likeness (QED) is 0.896. The van der Waals surface area contributed by atoms with E-state index < -0.39 is 0 Å². The number of likely N-dealkylation sites (tertiary alicyclic amines) is 1. The van der Waals surface area contributed by atoms with E-state index in [1.54, 1.807) is 0 Å². The monoisotopic (exact) mass is 304 g/mol. The van der Waals surface area contributed by atoms with Crippen LogP contribution in [0.4, 0.5) is 0 Å². The van der Waals surface area contributed by atoms with Gasteiger partial charge >= 0.3 is 0 Å². The van der Waals surface area contributed by atoms with Crippen molar-refractivity contribution in [2.45, 2.75) is 58.4 Å². The van der Waals surface area contributed by atoms with Gasteiger partial charge in [0.2, 0.25) is 0 Å². The number of rotatable bonds is 4. The van der Waals surface area contributed by atoms with E-state index in [4.69, 9.17) is 0 Å². The predicted molar refractivity (Wildman–Crippen MR) is 87.0 cm³/mol. The molecule has 0 aliphatic carbocycles. The largest absolute Gasteiger partial charge is 0.351 e. The summed E-state index contributed by atoms with van der Waals surface area (Å²) in [6, 6.07) is 0.564. The molecule has 1 aromatic rings. The van der Waals surface area contributed by atoms with Crippen LogP contribution in [0, 0.1) is 5.92 Å². The number of aryl methyl sites for hydroxylation is 1. The first-order valence-electron chi connectivity index (χ1n) is 8.73. The zero-order valence-electron chi connectivity index (χ0n) is 13.8. The Balaban J connectivity index is 1.71. The van der Waals surface area contributed by atoms with Gasteiger partial charge in [0.15, 0.2) is 0 Å². The maximum atomic E-state index is 12.0. The van der Waals surface area contributed by atoms with Crippen molar-refractivity contribution in [3.05, 3.63) is 17.2 Å². The number of imidazole rings is 1. The highest BCUT2D eigenvalue weighted by molar-refractivity contribution is 5.93. The van der Waals surface area contributed by atoms with E-state index in [0.717, 1.165) is 43.9 Å². The molecule has 5 heteroatoms.